The second kappa shape index (κ2) is 7.71. The number of ether oxygens (including phenoxy) is 1. The summed E-state index contributed by atoms with van der Waals surface area (Å²) < 4.78 is 5.31. The Hall–Kier alpha value is -3.00. The maximum atomic E-state index is 12.5. The average molecular weight is 341 g/mol. The van der Waals surface area contributed by atoms with Crippen molar-refractivity contribution >= 4 is 29.1 Å². The van der Waals surface area contributed by atoms with E-state index in [1.807, 2.05) is 4.90 Å². The van der Waals surface area contributed by atoms with E-state index >= 15 is 0 Å². The summed E-state index contributed by atoms with van der Waals surface area (Å²) in [6, 6.07) is 8.49. The fraction of sp³-hybridized carbons (Fsp3) is 0.294. The van der Waals surface area contributed by atoms with E-state index in [1.54, 1.807) is 36.5 Å². The van der Waals surface area contributed by atoms with Crippen LogP contribution >= 0.6 is 0 Å². The fourth-order valence-electron chi connectivity index (χ4n) is 2.46. The summed E-state index contributed by atoms with van der Waals surface area (Å²) >= 11 is 0. The first kappa shape index (κ1) is 16.8. The van der Waals surface area contributed by atoms with E-state index < -0.39 is 0 Å². The second-order valence-electron chi connectivity index (χ2n) is 5.56. The number of nitrogens with zero attached hydrogens (tertiary/aromatic N) is 3. The van der Waals surface area contributed by atoms with Crippen LogP contribution in [0.25, 0.3) is 0 Å². The molecule has 25 heavy (non-hydrogen) atoms. The number of morpholine rings is 1. The highest BCUT2D eigenvalue weighted by Crippen LogP contribution is 2.16. The Bertz CT molecular complexity index is 774. The van der Waals surface area contributed by atoms with Crippen LogP contribution in [-0.2, 0) is 9.53 Å². The molecule has 8 heteroatoms. The van der Waals surface area contributed by atoms with Gasteiger partial charge in [0.25, 0.3) is 5.91 Å². The summed E-state index contributed by atoms with van der Waals surface area (Å²) in [5, 5.41) is 5.45. The lowest BCUT2D eigenvalue weighted by atomic mass is 10.2. The molecule has 0 spiro atoms. The first-order chi connectivity index (χ1) is 12.1. The lowest BCUT2D eigenvalue weighted by molar-refractivity contribution is -0.114. The Kier molecular flexibility index (Phi) is 5.20. The van der Waals surface area contributed by atoms with Gasteiger partial charge >= 0.3 is 0 Å². The highest BCUT2D eigenvalue weighted by atomic mass is 16.5. The van der Waals surface area contributed by atoms with Gasteiger partial charge in [0.05, 0.1) is 13.2 Å². The zero-order valence-electron chi connectivity index (χ0n) is 13.9. The molecule has 3 rings (SSSR count). The third kappa shape index (κ3) is 4.51. The SMILES string of the molecule is CC(=O)Nc1cccc(NC(=O)c2ccnc(N3CCOCC3)n2)c1. The van der Waals surface area contributed by atoms with Crippen molar-refractivity contribution in [2.45, 2.75) is 6.92 Å². The van der Waals surface area contributed by atoms with Gasteiger partial charge in [-0.05, 0) is 24.3 Å². The van der Waals surface area contributed by atoms with Crippen LogP contribution in [0.15, 0.2) is 36.5 Å². The molecule has 2 aromatic rings. The second-order valence-corrected chi connectivity index (χ2v) is 5.56. The van der Waals surface area contributed by atoms with Crippen molar-refractivity contribution in [1.29, 1.82) is 0 Å². The van der Waals surface area contributed by atoms with Gasteiger partial charge in [-0.3, -0.25) is 9.59 Å². The van der Waals surface area contributed by atoms with E-state index in [-0.39, 0.29) is 17.5 Å². The molecular formula is C17H19N5O3. The number of hydrogen-bond acceptors (Lipinski definition) is 6. The van der Waals surface area contributed by atoms with Crippen LogP contribution in [-0.4, -0.2) is 48.1 Å². The smallest absolute Gasteiger partial charge is 0.274 e. The van der Waals surface area contributed by atoms with Crippen LogP contribution in [0.2, 0.25) is 0 Å². The zero-order valence-corrected chi connectivity index (χ0v) is 13.9. The number of hydrogen-bond donors (Lipinski definition) is 2. The van der Waals surface area contributed by atoms with E-state index in [9.17, 15) is 9.59 Å². The molecule has 8 nitrogen and oxygen atoms in total. The Morgan fingerprint density at radius 1 is 1.12 bits per heavy atom. The van der Waals surface area contributed by atoms with Gasteiger partial charge in [0.2, 0.25) is 11.9 Å². The number of carbonyl (C=O) groups excluding carboxylic acids is 2. The predicted octanol–water partition coefficient (Wildman–Crippen LogP) is 1.52. The normalized spacial score (nSPS) is 14.0. The number of rotatable bonds is 4. The molecule has 1 aliphatic rings. The molecule has 1 aromatic carbocycles. The van der Waals surface area contributed by atoms with Gasteiger partial charge in [0.15, 0.2) is 0 Å². The van der Waals surface area contributed by atoms with Crippen LogP contribution in [0.3, 0.4) is 0 Å². The molecule has 0 atom stereocenters. The van der Waals surface area contributed by atoms with E-state index in [2.05, 4.69) is 20.6 Å². The maximum absolute atomic E-state index is 12.5. The van der Waals surface area contributed by atoms with Gasteiger partial charge in [0, 0.05) is 37.6 Å². The molecule has 0 radical (unpaired) electrons. The first-order valence-corrected chi connectivity index (χ1v) is 7.96. The Morgan fingerprint density at radius 2 is 1.84 bits per heavy atom. The largest absolute Gasteiger partial charge is 0.378 e. The van der Waals surface area contributed by atoms with Gasteiger partial charge in [0.1, 0.15) is 5.69 Å². The molecule has 0 saturated carbocycles. The molecule has 2 N–H and O–H groups in total. The zero-order chi connectivity index (χ0) is 17.6. The topological polar surface area (TPSA) is 96.5 Å². The lowest BCUT2D eigenvalue weighted by Crippen LogP contribution is -2.37. The van der Waals surface area contributed by atoms with Crippen LogP contribution < -0.4 is 15.5 Å². The summed E-state index contributed by atoms with van der Waals surface area (Å²) in [6.45, 7) is 4.07. The standard InChI is InChI=1S/C17H19N5O3/c1-12(23)19-13-3-2-4-14(11-13)20-16(24)15-5-6-18-17(21-15)22-7-9-25-10-8-22/h2-6,11H,7-10H2,1H3,(H,19,23)(H,20,24). The molecule has 130 valence electrons. The van der Waals surface area contributed by atoms with Gasteiger partial charge in [-0.2, -0.15) is 0 Å². The monoisotopic (exact) mass is 341 g/mol. The van der Waals surface area contributed by atoms with Crippen LogP contribution in [0, 0.1) is 0 Å². The number of anilines is 3. The van der Waals surface area contributed by atoms with Gasteiger partial charge in [-0.25, -0.2) is 9.97 Å². The minimum absolute atomic E-state index is 0.172. The maximum Gasteiger partial charge on any atom is 0.274 e. The van der Waals surface area contributed by atoms with E-state index in [1.165, 1.54) is 6.92 Å². The molecule has 1 saturated heterocycles. The molecule has 0 aliphatic carbocycles. The van der Waals surface area contributed by atoms with Crippen molar-refractivity contribution in [2.24, 2.45) is 0 Å². The minimum Gasteiger partial charge on any atom is -0.378 e. The highest BCUT2D eigenvalue weighted by Gasteiger charge is 2.16. The number of benzene rings is 1. The van der Waals surface area contributed by atoms with Crippen molar-refractivity contribution in [1.82, 2.24) is 9.97 Å². The quantitative estimate of drug-likeness (QED) is 0.875. The van der Waals surface area contributed by atoms with Crippen molar-refractivity contribution in [3.05, 3.63) is 42.2 Å². The number of nitrogens with one attached hydrogen (secondary N) is 2. The van der Waals surface area contributed by atoms with Crippen molar-refractivity contribution < 1.29 is 14.3 Å². The van der Waals surface area contributed by atoms with E-state index in [0.717, 1.165) is 0 Å². The third-order valence-electron chi connectivity index (χ3n) is 3.61. The molecule has 1 aromatic heterocycles. The fourth-order valence-corrected chi connectivity index (χ4v) is 2.46. The van der Waals surface area contributed by atoms with Crippen molar-refractivity contribution in [3.63, 3.8) is 0 Å². The molecule has 2 amide bonds. The summed E-state index contributed by atoms with van der Waals surface area (Å²) in [4.78, 5) is 34.1. The molecule has 0 unspecified atom stereocenters. The van der Waals surface area contributed by atoms with Crippen molar-refractivity contribution in [2.75, 3.05) is 41.8 Å². The van der Waals surface area contributed by atoms with E-state index in [0.29, 0.717) is 43.6 Å². The van der Waals surface area contributed by atoms with Crippen LogP contribution in [0.1, 0.15) is 17.4 Å². The summed E-state index contributed by atoms with van der Waals surface area (Å²) in [7, 11) is 0. The van der Waals surface area contributed by atoms with Crippen molar-refractivity contribution in [3.8, 4) is 0 Å². The minimum atomic E-state index is -0.336. The number of carbonyl (C=O) groups is 2. The lowest BCUT2D eigenvalue weighted by Gasteiger charge is -2.26. The van der Waals surface area contributed by atoms with Gasteiger partial charge in [-0.1, -0.05) is 6.07 Å². The molecule has 1 fully saturated rings. The summed E-state index contributed by atoms with van der Waals surface area (Å²) in [5.41, 5.74) is 1.46. The predicted molar refractivity (Wildman–Crippen MR) is 93.8 cm³/mol. The van der Waals surface area contributed by atoms with Crippen LogP contribution in [0.4, 0.5) is 17.3 Å². The molecule has 0 bridgehead atoms. The summed E-state index contributed by atoms with van der Waals surface area (Å²) in [5.74, 6) is 0.00858. The van der Waals surface area contributed by atoms with E-state index in [4.69, 9.17) is 4.74 Å². The number of amides is 2. The molecule has 2 heterocycles. The third-order valence-corrected chi connectivity index (χ3v) is 3.61. The average Bonchev–Trinajstić information content (AvgIpc) is 2.62. The Balaban J connectivity index is 1.72. The highest BCUT2D eigenvalue weighted by molar-refractivity contribution is 6.03. The van der Waals surface area contributed by atoms with Crippen LogP contribution in [0.5, 0.6) is 0 Å². The molecular weight excluding hydrogens is 322 g/mol. The molecule has 1 aliphatic heterocycles. The summed E-state index contributed by atoms with van der Waals surface area (Å²) in [6.07, 6.45) is 1.57. The Morgan fingerprint density at radius 3 is 2.56 bits per heavy atom. The first-order valence-electron chi connectivity index (χ1n) is 7.96. The van der Waals surface area contributed by atoms with Gasteiger partial charge < -0.3 is 20.3 Å². The Labute approximate surface area is 145 Å². The number of aromatic nitrogens is 2. The van der Waals surface area contributed by atoms with Gasteiger partial charge in [-0.15, -0.1) is 0 Å².